The van der Waals surface area contributed by atoms with Gasteiger partial charge in [0.15, 0.2) is 0 Å². The fourth-order valence-corrected chi connectivity index (χ4v) is 2.53. The lowest BCUT2D eigenvalue weighted by atomic mass is 10.1. The van der Waals surface area contributed by atoms with Gasteiger partial charge < -0.3 is 10.1 Å². The van der Waals surface area contributed by atoms with Crippen LogP contribution in [0.1, 0.15) is 22.8 Å². The smallest absolute Gasteiger partial charge is 0.328 e. The van der Waals surface area contributed by atoms with Crippen molar-refractivity contribution < 1.29 is 14.3 Å². The monoisotopic (exact) mass is 366 g/mol. The number of amides is 1. The van der Waals surface area contributed by atoms with Crippen LogP contribution in [0.25, 0.3) is 0 Å². The van der Waals surface area contributed by atoms with Gasteiger partial charge in [-0.3, -0.25) is 4.79 Å². The van der Waals surface area contributed by atoms with Crippen LogP contribution in [0.15, 0.2) is 42.5 Å². The quantitative estimate of drug-likeness (QED) is 0.629. The number of ether oxygens (including phenoxy) is 1. The van der Waals surface area contributed by atoms with Crippen LogP contribution in [0, 0.1) is 0 Å². The highest BCUT2D eigenvalue weighted by Gasteiger charge is 2.24. The Kier molecular flexibility index (Phi) is 6.58. The summed E-state index contributed by atoms with van der Waals surface area (Å²) in [5, 5.41) is 2.80. The van der Waals surface area contributed by atoms with E-state index in [1.165, 1.54) is 12.1 Å². The Balaban J connectivity index is 2.17. The van der Waals surface area contributed by atoms with Crippen LogP contribution in [0.3, 0.4) is 0 Å². The van der Waals surface area contributed by atoms with Crippen LogP contribution in [0.4, 0.5) is 0 Å². The van der Waals surface area contributed by atoms with Gasteiger partial charge in [-0.1, -0.05) is 53.5 Å². The first-order valence-corrected chi connectivity index (χ1v) is 8.10. The van der Waals surface area contributed by atoms with Crippen molar-refractivity contribution in [2.24, 2.45) is 0 Å². The standard InChI is InChI=1S/C17H16Cl2N2O3/c1-2-24-17(23)13(10-11-6-4-3-5-7-11)20-16(22)12-8-9-14(18)21-15(12)19/h3-9,13H,2,10H2,1H3,(H,20,22). The fraction of sp³-hybridized carbons (Fsp3) is 0.235. The van der Waals surface area contributed by atoms with Crippen molar-refractivity contribution in [3.05, 3.63) is 63.9 Å². The van der Waals surface area contributed by atoms with Gasteiger partial charge in [-0.15, -0.1) is 0 Å². The summed E-state index contributed by atoms with van der Waals surface area (Å²) in [6.45, 7) is 1.93. The maximum Gasteiger partial charge on any atom is 0.328 e. The van der Waals surface area contributed by atoms with Crippen LogP contribution < -0.4 is 5.32 Å². The number of aromatic nitrogens is 1. The van der Waals surface area contributed by atoms with E-state index < -0.39 is 17.9 Å². The van der Waals surface area contributed by atoms with E-state index in [1.54, 1.807) is 6.92 Å². The SMILES string of the molecule is CCOC(=O)C(Cc1ccccc1)NC(=O)c1ccc(Cl)nc1Cl. The molecule has 0 aliphatic heterocycles. The molecule has 0 saturated heterocycles. The number of rotatable bonds is 6. The number of pyridine rings is 1. The molecule has 1 amide bonds. The molecule has 2 rings (SSSR count). The zero-order valence-electron chi connectivity index (χ0n) is 13.0. The molecule has 1 heterocycles. The Morgan fingerprint density at radius 2 is 1.88 bits per heavy atom. The molecule has 0 radical (unpaired) electrons. The normalized spacial score (nSPS) is 11.6. The maximum absolute atomic E-state index is 12.4. The summed E-state index contributed by atoms with van der Waals surface area (Å²) in [6.07, 6.45) is 0.310. The van der Waals surface area contributed by atoms with Crippen LogP contribution >= 0.6 is 23.2 Å². The van der Waals surface area contributed by atoms with E-state index in [2.05, 4.69) is 10.3 Å². The Bertz CT molecular complexity index is 723. The summed E-state index contributed by atoms with van der Waals surface area (Å²) in [4.78, 5) is 28.4. The Hall–Kier alpha value is -2.11. The lowest BCUT2D eigenvalue weighted by Crippen LogP contribution is -2.43. The molecule has 24 heavy (non-hydrogen) atoms. The van der Waals surface area contributed by atoms with Crippen molar-refractivity contribution in [1.82, 2.24) is 10.3 Å². The van der Waals surface area contributed by atoms with Crippen LogP contribution in [0.5, 0.6) is 0 Å². The van der Waals surface area contributed by atoms with Gasteiger partial charge in [-0.05, 0) is 24.6 Å². The predicted octanol–water partition coefficient (Wildman–Crippen LogP) is 3.29. The van der Waals surface area contributed by atoms with E-state index in [0.717, 1.165) is 5.56 Å². The number of esters is 1. The molecule has 0 bridgehead atoms. The van der Waals surface area contributed by atoms with Crippen LogP contribution in [-0.2, 0) is 16.0 Å². The fourth-order valence-electron chi connectivity index (χ4n) is 2.10. The van der Waals surface area contributed by atoms with Gasteiger partial charge in [-0.2, -0.15) is 0 Å². The van der Waals surface area contributed by atoms with Gasteiger partial charge in [0.05, 0.1) is 12.2 Å². The molecular formula is C17H16Cl2N2O3. The average Bonchev–Trinajstić information content (AvgIpc) is 2.55. The molecule has 126 valence electrons. The molecule has 7 heteroatoms. The topological polar surface area (TPSA) is 68.3 Å². The van der Waals surface area contributed by atoms with E-state index in [4.69, 9.17) is 27.9 Å². The van der Waals surface area contributed by atoms with E-state index in [1.807, 2.05) is 30.3 Å². The van der Waals surface area contributed by atoms with Crippen molar-refractivity contribution in [3.63, 3.8) is 0 Å². The third-order valence-corrected chi connectivity index (χ3v) is 3.72. The second kappa shape index (κ2) is 8.66. The molecule has 0 saturated carbocycles. The lowest BCUT2D eigenvalue weighted by Gasteiger charge is -2.17. The molecule has 1 atom stereocenters. The molecule has 0 aliphatic carbocycles. The van der Waals surface area contributed by atoms with Crippen molar-refractivity contribution in [2.75, 3.05) is 6.61 Å². The summed E-state index contributed by atoms with van der Waals surface area (Å²) < 4.78 is 5.04. The van der Waals surface area contributed by atoms with E-state index in [0.29, 0.717) is 6.42 Å². The molecule has 1 unspecified atom stereocenters. The molecule has 0 fully saturated rings. The van der Waals surface area contributed by atoms with Gasteiger partial charge in [0.2, 0.25) is 0 Å². The number of benzene rings is 1. The van der Waals surface area contributed by atoms with E-state index in [-0.39, 0.29) is 22.5 Å². The van der Waals surface area contributed by atoms with E-state index in [9.17, 15) is 9.59 Å². The van der Waals surface area contributed by atoms with Gasteiger partial charge in [-0.25, -0.2) is 9.78 Å². The number of hydrogen-bond donors (Lipinski definition) is 1. The van der Waals surface area contributed by atoms with Crippen LogP contribution in [-0.4, -0.2) is 29.5 Å². The predicted molar refractivity (Wildman–Crippen MR) is 92.3 cm³/mol. The van der Waals surface area contributed by atoms with Crippen LogP contribution in [0.2, 0.25) is 10.3 Å². The number of halogens is 2. The highest BCUT2D eigenvalue weighted by molar-refractivity contribution is 6.34. The molecule has 1 N–H and O–H groups in total. The third kappa shape index (κ3) is 4.94. The number of hydrogen-bond acceptors (Lipinski definition) is 4. The Labute approximate surface area is 149 Å². The second-order valence-corrected chi connectivity index (χ2v) is 5.69. The highest BCUT2D eigenvalue weighted by Crippen LogP contribution is 2.17. The Morgan fingerprint density at radius 1 is 1.17 bits per heavy atom. The van der Waals surface area contributed by atoms with Gasteiger partial charge >= 0.3 is 5.97 Å². The second-order valence-electron chi connectivity index (χ2n) is 4.94. The number of carbonyl (C=O) groups excluding carboxylic acids is 2. The molecule has 1 aromatic heterocycles. The van der Waals surface area contributed by atoms with Crippen molar-refractivity contribution in [2.45, 2.75) is 19.4 Å². The van der Waals surface area contributed by atoms with E-state index >= 15 is 0 Å². The minimum Gasteiger partial charge on any atom is -0.464 e. The van der Waals surface area contributed by atoms with Crippen molar-refractivity contribution in [1.29, 1.82) is 0 Å². The molecule has 1 aromatic carbocycles. The number of nitrogens with one attached hydrogen (secondary N) is 1. The zero-order valence-corrected chi connectivity index (χ0v) is 14.5. The molecule has 5 nitrogen and oxygen atoms in total. The maximum atomic E-state index is 12.4. The summed E-state index contributed by atoms with van der Waals surface area (Å²) >= 11 is 11.7. The zero-order chi connectivity index (χ0) is 17.5. The average molecular weight is 367 g/mol. The van der Waals surface area contributed by atoms with Gasteiger partial charge in [0.25, 0.3) is 5.91 Å². The highest BCUT2D eigenvalue weighted by atomic mass is 35.5. The first-order chi connectivity index (χ1) is 11.5. The summed E-state index contributed by atoms with van der Waals surface area (Å²) in [5.41, 5.74) is 1.04. The third-order valence-electron chi connectivity index (χ3n) is 3.22. The molecule has 0 aliphatic rings. The number of nitrogens with zero attached hydrogens (tertiary/aromatic N) is 1. The van der Waals surface area contributed by atoms with Crippen molar-refractivity contribution >= 4 is 35.1 Å². The molecule has 0 spiro atoms. The first kappa shape index (κ1) is 18.2. The first-order valence-electron chi connectivity index (χ1n) is 7.34. The molecular weight excluding hydrogens is 351 g/mol. The van der Waals surface area contributed by atoms with Gasteiger partial charge in [0.1, 0.15) is 16.3 Å². The Morgan fingerprint density at radius 3 is 2.50 bits per heavy atom. The molecule has 2 aromatic rings. The minimum atomic E-state index is -0.827. The largest absolute Gasteiger partial charge is 0.464 e. The summed E-state index contributed by atoms with van der Waals surface area (Å²) in [6, 6.07) is 11.4. The summed E-state index contributed by atoms with van der Waals surface area (Å²) in [5.74, 6) is -1.02. The van der Waals surface area contributed by atoms with Gasteiger partial charge in [0, 0.05) is 6.42 Å². The number of carbonyl (C=O) groups is 2. The minimum absolute atomic E-state index is 0.0256. The lowest BCUT2D eigenvalue weighted by molar-refractivity contribution is -0.145. The summed E-state index contributed by atoms with van der Waals surface area (Å²) in [7, 11) is 0. The van der Waals surface area contributed by atoms with Crippen molar-refractivity contribution in [3.8, 4) is 0 Å².